The lowest BCUT2D eigenvalue weighted by atomic mass is 10.1. The number of hydrogen-bond donors (Lipinski definition) is 1. The molecule has 2 aromatic carbocycles. The third kappa shape index (κ3) is 3.82. The normalized spacial score (nSPS) is 11.1. The number of carbonyl (C=O) groups is 1. The summed E-state index contributed by atoms with van der Waals surface area (Å²) in [5.74, 6) is -2.21. The number of benzene rings is 2. The van der Waals surface area contributed by atoms with E-state index in [9.17, 15) is 32.5 Å². The monoisotopic (exact) mass is 328 g/mol. The number of carbonyl (C=O) groups excluding carboxylic acids is 1. The zero-order chi connectivity index (χ0) is 17.2. The molecule has 0 aliphatic heterocycles. The molecule has 0 spiro atoms. The van der Waals surface area contributed by atoms with Crippen molar-refractivity contribution in [2.45, 2.75) is 6.18 Å². The molecule has 0 saturated heterocycles. The van der Waals surface area contributed by atoms with Gasteiger partial charge in [-0.3, -0.25) is 14.9 Å². The van der Waals surface area contributed by atoms with E-state index in [1.165, 1.54) is 12.1 Å². The number of rotatable bonds is 3. The fraction of sp³-hybridized carbons (Fsp3) is 0.0714. The number of para-hydroxylation sites is 1. The van der Waals surface area contributed by atoms with Crippen LogP contribution in [-0.4, -0.2) is 10.8 Å². The molecule has 0 radical (unpaired) electrons. The van der Waals surface area contributed by atoms with E-state index in [4.69, 9.17) is 0 Å². The average molecular weight is 328 g/mol. The Bertz CT molecular complexity index is 775. The highest BCUT2D eigenvalue weighted by atomic mass is 19.4. The maximum absolute atomic E-state index is 13.3. The van der Waals surface area contributed by atoms with Gasteiger partial charge < -0.3 is 5.32 Å². The van der Waals surface area contributed by atoms with Gasteiger partial charge in [0, 0.05) is 11.8 Å². The lowest BCUT2D eigenvalue weighted by Crippen LogP contribution is -2.15. The molecular formula is C14H8F4N2O3. The number of nitrogens with one attached hydrogen (secondary N) is 1. The molecule has 0 atom stereocenters. The van der Waals surface area contributed by atoms with E-state index in [0.717, 1.165) is 12.1 Å². The van der Waals surface area contributed by atoms with Crippen LogP contribution in [0.5, 0.6) is 0 Å². The summed E-state index contributed by atoms with van der Waals surface area (Å²) in [5, 5.41) is 12.9. The number of hydrogen-bond acceptors (Lipinski definition) is 3. The van der Waals surface area contributed by atoms with Crippen LogP contribution in [0.25, 0.3) is 0 Å². The summed E-state index contributed by atoms with van der Waals surface area (Å²) in [5.41, 5.74) is -2.61. The molecule has 0 aliphatic rings. The zero-order valence-electron chi connectivity index (χ0n) is 11.2. The largest absolute Gasteiger partial charge is 0.416 e. The second-order valence-electron chi connectivity index (χ2n) is 4.45. The fourth-order valence-corrected chi connectivity index (χ4v) is 1.85. The number of nitrogens with zero attached hydrogens (tertiary/aromatic N) is 1. The van der Waals surface area contributed by atoms with Crippen molar-refractivity contribution in [3.8, 4) is 0 Å². The highest BCUT2D eigenvalue weighted by molar-refractivity contribution is 6.07. The molecule has 0 bridgehead atoms. The van der Waals surface area contributed by atoms with Crippen LogP contribution in [0.3, 0.4) is 0 Å². The van der Waals surface area contributed by atoms with E-state index in [-0.39, 0.29) is 11.6 Å². The van der Waals surface area contributed by atoms with Crippen molar-refractivity contribution in [2.75, 3.05) is 5.32 Å². The van der Waals surface area contributed by atoms with Crippen molar-refractivity contribution in [1.82, 2.24) is 0 Å². The first-order chi connectivity index (χ1) is 10.7. The standard InChI is InChI=1S/C14H8F4N2O3/c15-9-5-8(14(16,17)18)6-10(7-9)19-13(21)11-3-1-2-4-12(11)20(22)23/h1-7H,(H,19,21). The molecule has 0 unspecified atom stereocenters. The summed E-state index contributed by atoms with van der Waals surface area (Å²) >= 11 is 0. The zero-order valence-corrected chi connectivity index (χ0v) is 11.2. The van der Waals surface area contributed by atoms with Gasteiger partial charge in [-0.15, -0.1) is 0 Å². The van der Waals surface area contributed by atoms with Gasteiger partial charge >= 0.3 is 6.18 Å². The van der Waals surface area contributed by atoms with Crippen LogP contribution >= 0.6 is 0 Å². The van der Waals surface area contributed by atoms with Gasteiger partial charge in [-0.05, 0) is 24.3 Å². The van der Waals surface area contributed by atoms with Crippen molar-refractivity contribution < 1.29 is 27.3 Å². The van der Waals surface area contributed by atoms with E-state index in [2.05, 4.69) is 0 Å². The van der Waals surface area contributed by atoms with Gasteiger partial charge in [0.2, 0.25) is 0 Å². The van der Waals surface area contributed by atoms with E-state index in [1.807, 2.05) is 5.32 Å². The Balaban J connectivity index is 2.35. The van der Waals surface area contributed by atoms with Crippen LogP contribution in [0, 0.1) is 15.9 Å². The van der Waals surface area contributed by atoms with Crippen molar-refractivity contribution in [1.29, 1.82) is 0 Å². The number of halogens is 4. The smallest absolute Gasteiger partial charge is 0.322 e. The summed E-state index contributed by atoms with van der Waals surface area (Å²) in [6.45, 7) is 0. The Morgan fingerprint density at radius 1 is 1.13 bits per heavy atom. The summed E-state index contributed by atoms with van der Waals surface area (Å²) < 4.78 is 51.1. The SMILES string of the molecule is O=C(Nc1cc(F)cc(C(F)(F)F)c1)c1ccccc1[N+](=O)[O-]. The molecule has 1 N–H and O–H groups in total. The fourth-order valence-electron chi connectivity index (χ4n) is 1.85. The molecular weight excluding hydrogens is 320 g/mol. The van der Waals surface area contributed by atoms with Crippen molar-refractivity contribution in [3.05, 3.63) is 69.5 Å². The predicted octanol–water partition coefficient (Wildman–Crippen LogP) is 4.01. The van der Waals surface area contributed by atoms with Gasteiger partial charge in [-0.2, -0.15) is 13.2 Å². The molecule has 0 heterocycles. The highest BCUT2D eigenvalue weighted by Gasteiger charge is 2.31. The summed E-state index contributed by atoms with van der Waals surface area (Å²) in [6, 6.07) is 6.39. The minimum atomic E-state index is -4.79. The van der Waals surface area contributed by atoms with Crippen LogP contribution in [0.1, 0.15) is 15.9 Å². The average Bonchev–Trinajstić information content (AvgIpc) is 2.45. The van der Waals surface area contributed by atoms with Crippen molar-refractivity contribution in [2.24, 2.45) is 0 Å². The Morgan fingerprint density at radius 2 is 1.78 bits per heavy atom. The van der Waals surface area contributed by atoms with Crippen LogP contribution in [-0.2, 0) is 6.18 Å². The maximum Gasteiger partial charge on any atom is 0.416 e. The number of anilines is 1. The van der Waals surface area contributed by atoms with Gasteiger partial charge in [-0.25, -0.2) is 4.39 Å². The first-order valence-corrected chi connectivity index (χ1v) is 6.11. The van der Waals surface area contributed by atoms with E-state index in [1.54, 1.807) is 0 Å². The Morgan fingerprint density at radius 3 is 2.39 bits per heavy atom. The topological polar surface area (TPSA) is 72.2 Å². The summed E-state index contributed by atoms with van der Waals surface area (Å²) in [6.07, 6.45) is -4.79. The van der Waals surface area contributed by atoms with E-state index < -0.39 is 39.8 Å². The molecule has 23 heavy (non-hydrogen) atoms. The lowest BCUT2D eigenvalue weighted by Gasteiger charge is -2.10. The quantitative estimate of drug-likeness (QED) is 0.526. The first-order valence-electron chi connectivity index (χ1n) is 6.11. The minimum absolute atomic E-state index is 0.278. The second kappa shape index (κ2) is 6.03. The third-order valence-corrected chi connectivity index (χ3v) is 2.83. The Hall–Kier alpha value is -2.97. The van der Waals surface area contributed by atoms with Crippen LogP contribution in [0.4, 0.5) is 28.9 Å². The molecule has 0 fully saturated rings. The number of nitro benzene ring substituents is 1. The molecule has 1 amide bonds. The molecule has 120 valence electrons. The Kier molecular flexibility index (Phi) is 4.30. The third-order valence-electron chi connectivity index (χ3n) is 2.83. The summed E-state index contributed by atoms with van der Waals surface area (Å²) in [4.78, 5) is 22.0. The van der Waals surface area contributed by atoms with Crippen LogP contribution in [0.2, 0.25) is 0 Å². The number of nitro groups is 1. The van der Waals surface area contributed by atoms with Gasteiger partial charge in [0.15, 0.2) is 0 Å². The molecule has 0 aromatic heterocycles. The van der Waals surface area contributed by atoms with E-state index in [0.29, 0.717) is 12.1 Å². The predicted molar refractivity (Wildman–Crippen MR) is 72.5 cm³/mol. The minimum Gasteiger partial charge on any atom is -0.322 e. The highest BCUT2D eigenvalue weighted by Crippen LogP contribution is 2.32. The van der Waals surface area contributed by atoms with Gasteiger partial charge in [0.1, 0.15) is 11.4 Å². The Labute approximate surface area is 126 Å². The molecule has 2 rings (SSSR count). The first kappa shape index (κ1) is 16.4. The van der Waals surface area contributed by atoms with Crippen LogP contribution in [0.15, 0.2) is 42.5 Å². The van der Waals surface area contributed by atoms with Crippen molar-refractivity contribution in [3.63, 3.8) is 0 Å². The molecule has 9 heteroatoms. The maximum atomic E-state index is 13.3. The van der Waals surface area contributed by atoms with E-state index >= 15 is 0 Å². The second-order valence-corrected chi connectivity index (χ2v) is 4.45. The van der Waals surface area contributed by atoms with Gasteiger partial charge in [-0.1, -0.05) is 12.1 Å². The van der Waals surface area contributed by atoms with Gasteiger partial charge in [0.05, 0.1) is 10.5 Å². The molecule has 2 aromatic rings. The summed E-state index contributed by atoms with van der Waals surface area (Å²) in [7, 11) is 0. The van der Waals surface area contributed by atoms with Crippen molar-refractivity contribution >= 4 is 17.3 Å². The molecule has 0 saturated carbocycles. The number of alkyl halides is 3. The van der Waals surface area contributed by atoms with Gasteiger partial charge in [0.25, 0.3) is 11.6 Å². The molecule has 0 aliphatic carbocycles. The number of amides is 1. The molecule has 5 nitrogen and oxygen atoms in total. The lowest BCUT2D eigenvalue weighted by molar-refractivity contribution is -0.385. The van der Waals surface area contributed by atoms with Crippen LogP contribution < -0.4 is 5.32 Å².